The van der Waals surface area contributed by atoms with Gasteiger partial charge in [-0.05, 0) is 37.7 Å². The molecule has 4 aliphatic rings. The minimum Gasteiger partial charge on any atom is -0.492 e. The van der Waals surface area contributed by atoms with Crippen LogP contribution in [0.3, 0.4) is 0 Å². The van der Waals surface area contributed by atoms with E-state index >= 15 is 4.39 Å². The van der Waals surface area contributed by atoms with Crippen LogP contribution in [0.5, 0.6) is 5.75 Å². The Hall–Kier alpha value is -3.30. The molecule has 6 rings (SSSR count). The van der Waals surface area contributed by atoms with Crippen molar-refractivity contribution in [1.82, 2.24) is 14.8 Å². The summed E-state index contributed by atoms with van der Waals surface area (Å²) in [4.78, 5) is 43.1. The lowest BCUT2D eigenvalue weighted by Gasteiger charge is -2.40. The van der Waals surface area contributed by atoms with Crippen LogP contribution in [0, 0.1) is 11.7 Å². The van der Waals surface area contributed by atoms with Crippen molar-refractivity contribution in [3.8, 4) is 5.75 Å². The number of carbonyl (C=O) groups excluding carboxylic acids is 2. The number of likely N-dealkylation sites (tertiary alicyclic amines) is 1. The molecule has 234 valence electrons. The molecule has 4 unspecified atom stereocenters. The third-order valence-corrected chi connectivity index (χ3v) is 9.29. The summed E-state index contributed by atoms with van der Waals surface area (Å²) in [6.45, 7) is 2.49. The van der Waals surface area contributed by atoms with E-state index in [2.05, 4.69) is 5.32 Å². The van der Waals surface area contributed by atoms with Crippen molar-refractivity contribution in [1.29, 1.82) is 0 Å². The molecule has 5 N–H and O–H groups in total. The number of piperidine rings is 1. The number of rotatable bonds is 6. The van der Waals surface area contributed by atoms with E-state index in [1.165, 1.54) is 13.3 Å². The Morgan fingerprint density at radius 1 is 1.16 bits per heavy atom. The second kappa shape index (κ2) is 11.3. The smallest absolute Gasteiger partial charge is 0.257 e. The fourth-order valence-electron chi connectivity index (χ4n) is 6.97. The van der Waals surface area contributed by atoms with Crippen molar-refractivity contribution >= 4 is 28.4 Å². The van der Waals surface area contributed by atoms with Crippen LogP contribution in [0.1, 0.15) is 49.0 Å². The molecule has 1 aliphatic carbocycles. The van der Waals surface area contributed by atoms with Crippen molar-refractivity contribution in [2.75, 3.05) is 38.3 Å². The third-order valence-electron chi connectivity index (χ3n) is 9.29. The lowest BCUT2D eigenvalue weighted by atomic mass is 9.92. The number of halogens is 1. The van der Waals surface area contributed by atoms with E-state index in [9.17, 15) is 34.8 Å². The Bertz CT molecular complexity index is 1500. The van der Waals surface area contributed by atoms with Gasteiger partial charge in [0.2, 0.25) is 11.3 Å². The second-order valence-electron chi connectivity index (χ2n) is 12.0. The van der Waals surface area contributed by atoms with Gasteiger partial charge in [0.25, 0.3) is 5.91 Å². The summed E-state index contributed by atoms with van der Waals surface area (Å²) in [5, 5.41) is 42.6. The Labute approximate surface area is 246 Å². The van der Waals surface area contributed by atoms with E-state index in [-0.39, 0.29) is 46.3 Å². The largest absolute Gasteiger partial charge is 0.492 e. The molecule has 2 amide bonds. The second-order valence-corrected chi connectivity index (χ2v) is 12.0. The predicted octanol–water partition coefficient (Wildman–Crippen LogP) is -0.539. The van der Waals surface area contributed by atoms with E-state index in [1.54, 1.807) is 11.5 Å². The van der Waals surface area contributed by atoms with E-state index in [0.717, 1.165) is 31.7 Å². The number of amides is 2. The van der Waals surface area contributed by atoms with Gasteiger partial charge in [-0.3, -0.25) is 14.4 Å². The maximum atomic E-state index is 16.0. The van der Waals surface area contributed by atoms with Gasteiger partial charge in [-0.25, -0.2) is 4.39 Å². The average Bonchev–Trinajstić information content (AvgIpc) is 3.74. The normalized spacial score (nSPS) is 30.8. The number of hydrogen-bond donors (Lipinski definition) is 5. The third kappa shape index (κ3) is 5.04. The number of aliphatic hydroxyl groups is 4. The molecule has 0 bridgehead atoms. The average molecular weight is 605 g/mol. The lowest BCUT2D eigenvalue weighted by molar-refractivity contribution is -0.252. The quantitative estimate of drug-likeness (QED) is 0.288. The molecule has 3 saturated heterocycles. The molecule has 7 atom stereocenters. The molecular weight excluding hydrogens is 567 g/mol. The molecule has 1 aromatic heterocycles. The van der Waals surface area contributed by atoms with Crippen LogP contribution in [-0.2, 0) is 9.53 Å². The maximum Gasteiger partial charge on any atom is 0.257 e. The van der Waals surface area contributed by atoms with Gasteiger partial charge in [-0.2, -0.15) is 0 Å². The summed E-state index contributed by atoms with van der Waals surface area (Å²) in [5.74, 6) is -1.32. The monoisotopic (exact) mass is 604 g/mol. The number of fused-ring (bicyclic) bond motifs is 2. The van der Waals surface area contributed by atoms with Crippen LogP contribution in [0.2, 0.25) is 0 Å². The number of aromatic nitrogens is 1. The fourth-order valence-corrected chi connectivity index (χ4v) is 6.97. The molecule has 43 heavy (non-hydrogen) atoms. The molecule has 1 aromatic carbocycles. The van der Waals surface area contributed by atoms with Gasteiger partial charge in [0, 0.05) is 38.8 Å². The van der Waals surface area contributed by atoms with E-state index in [4.69, 9.17) is 9.47 Å². The summed E-state index contributed by atoms with van der Waals surface area (Å²) in [6, 6.07) is -0.517. The Balaban J connectivity index is 1.39. The molecule has 0 radical (unpaired) electrons. The number of methoxy groups -OCH3 is 1. The number of benzene rings is 1. The van der Waals surface area contributed by atoms with Crippen molar-refractivity contribution in [3.05, 3.63) is 33.9 Å². The van der Waals surface area contributed by atoms with Gasteiger partial charge in [0.05, 0.1) is 30.7 Å². The van der Waals surface area contributed by atoms with Crippen LogP contribution in [0.4, 0.5) is 10.1 Å². The molecule has 2 aromatic rings. The number of nitrogens with one attached hydrogen (secondary N) is 1. The standard InChI is InChI=1S/C29H37FN4O9/c1-13(36)33-7-3-4-14-9-32(11-19(14)33)23-18(30)8-16-22(27(23)42-2)34(15-5-6-15)10-17(24(16)37)28(40)31-21-26(39)25(38)20(12-35)43-29(21)41/h8,10,14-15,19-21,25-26,29,35,38-39,41H,3-7,9,11-12H2,1-2H3,(H,31,40)/t14?,19?,20?,21-,25-,26?,29+/m0/s1. The SMILES string of the molecule is COc1c(N2CC3CCCN(C(C)=O)C3C2)c(F)cc2c(=O)c(C(=O)N[C@H]3C(O)[C@@H](O)C(CO)O[C@H]3O)cn(C3CC3)c12. The maximum absolute atomic E-state index is 16.0. The minimum absolute atomic E-state index is 0.0153. The van der Waals surface area contributed by atoms with E-state index in [1.807, 2.05) is 9.80 Å². The van der Waals surface area contributed by atoms with Crippen LogP contribution in [0.25, 0.3) is 10.9 Å². The fraction of sp³-hybridized carbons (Fsp3) is 0.621. The van der Waals surface area contributed by atoms with Crippen LogP contribution >= 0.6 is 0 Å². The Kier molecular flexibility index (Phi) is 7.84. The molecule has 13 nitrogen and oxygen atoms in total. The number of aliphatic hydroxyl groups excluding tert-OH is 4. The Morgan fingerprint density at radius 3 is 2.56 bits per heavy atom. The van der Waals surface area contributed by atoms with Crippen LogP contribution < -0.4 is 20.4 Å². The van der Waals surface area contributed by atoms with E-state index in [0.29, 0.717) is 25.2 Å². The zero-order valence-corrected chi connectivity index (χ0v) is 24.0. The number of ether oxygens (including phenoxy) is 2. The highest BCUT2D eigenvalue weighted by Crippen LogP contribution is 2.45. The van der Waals surface area contributed by atoms with Crippen molar-refractivity contribution in [2.24, 2.45) is 5.92 Å². The summed E-state index contributed by atoms with van der Waals surface area (Å²) >= 11 is 0. The highest BCUT2D eigenvalue weighted by Gasteiger charge is 2.45. The first-order valence-electron chi connectivity index (χ1n) is 14.6. The number of carbonyl (C=O) groups is 2. The molecule has 3 aliphatic heterocycles. The summed E-state index contributed by atoms with van der Waals surface area (Å²) in [7, 11) is 1.40. The van der Waals surface area contributed by atoms with Crippen molar-refractivity contribution in [2.45, 2.75) is 75.3 Å². The summed E-state index contributed by atoms with van der Waals surface area (Å²) < 4.78 is 28.6. The van der Waals surface area contributed by atoms with Gasteiger partial charge in [0.1, 0.15) is 35.6 Å². The number of hydrogen-bond acceptors (Lipinski definition) is 10. The highest BCUT2D eigenvalue weighted by molar-refractivity contribution is 6.00. The summed E-state index contributed by atoms with van der Waals surface area (Å²) in [5.41, 5.74) is -0.572. The minimum atomic E-state index is -1.77. The van der Waals surface area contributed by atoms with Gasteiger partial charge in [-0.1, -0.05) is 0 Å². The first-order chi connectivity index (χ1) is 20.5. The molecular formula is C29H37FN4O9. The predicted molar refractivity (Wildman–Crippen MR) is 150 cm³/mol. The van der Waals surface area contributed by atoms with Crippen LogP contribution in [-0.4, -0.2) is 112 Å². The first kappa shape index (κ1) is 29.8. The summed E-state index contributed by atoms with van der Waals surface area (Å²) in [6.07, 6.45) is -1.64. The molecule has 4 heterocycles. The Morgan fingerprint density at radius 2 is 1.91 bits per heavy atom. The topological polar surface area (TPSA) is 174 Å². The van der Waals surface area contributed by atoms with Gasteiger partial charge < -0.3 is 49.6 Å². The van der Waals surface area contributed by atoms with E-state index < -0.39 is 54.4 Å². The van der Waals surface area contributed by atoms with Gasteiger partial charge in [0.15, 0.2) is 17.9 Å². The number of nitrogens with zero attached hydrogens (tertiary/aromatic N) is 3. The molecule has 0 spiro atoms. The van der Waals surface area contributed by atoms with Crippen molar-refractivity contribution < 1.29 is 43.9 Å². The van der Waals surface area contributed by atoms with Gasteiger partial charge in [-0.15, -0.1) is 0 Å². The highest BCUT2D eigenvalue weighted by atomic mass is 19.1. The molecule has 1 saturated carbocycles. The molecule has 4 fully saturated rings. The van der Waals surface area contributed by atoms with Gasteiger partial charge >= 0.3 is 0 Å². The number of pyridine rings is 1. The van der Waals surface area contributed by atoms with Crippen molar-refractivity contribution in [3.63, 3.8) is 0 Å². The first-order valence-corrected chi connectivity index (χ1v) is 14.6. The number of anilines is 1. The zero-order chi connectivity index (χ0) is 30.7. The lowest BCUT2D eigenvalue weighted by Crippen LogP contribution is -2.64. The zero-order valence-electron chi connectivity index (χ0n) is 24.0. The van der Waals surface area contributed by atoms with Crippen LogP contribution in [0.15, 0.2) is 17.1 Å². The molecule has 14 heteroatoms.